The molecule has 0 aliphatic heterocycles. The number of methoxy groups -OCH3 is 1. The van der Waals surface area contributed by atoms with Crippen molar-refractivity contribution >= 4 is 17.6 Å². The van der Waals surface area contributed by atoms with Crippen molar-refractivity contribution in [3.63, 3.8) is 0 Å². The molecule has 0 saturated carbocycles. The molecule has 0 heterocycles. The van der Waals surface area contributed by atoms with Gasteiger partial charge in [-0.1, -0.05) is 0 Å². The van der Waals surface area contributed by atoms with E-state index < -0.39 is 17.9 Å². The van der Waals surface area contributed by atoms with Gasteiger partial charge < -0.3 is 20.9 Å². The number of carbonyl (C=O) groups excluding carboxylic acids is 1. The Morgan fingerprint density at radius 1 is 1.41 bits per heavy atom. The predicted molar refractivity (Wildman–Crippen MR) is 61.6 cm³/mol. The molecule has 1 aromatic carbocycles. The number of ether oxygens (including phenoxy) is 1. The summed E-state index contributed by atoms with van der Waals surface area (Å²) in [4.78, 5) is 22.5. The van der Waals surface area contributed by atoms with Gasteiger partial charge in [0.25, 0.3) is 5.91 Å². The number of rotatable bonds is 5. The summed E-state index contributed by atoms with van der Waals surface area (Å²) in [6.07, 6.45) is 0. The van der Waals surface area contributed by atoms with Crippen molar-refractivity contribution in [1.82, 2.24) is 5.32 Å². The summed E-state index contributed by atoms with van der Waals surface area (Å²) in [5, 5.41) is 11.2. The van der Waals surface area contributed by atoms with Crippen molar-refractivity contribution in [2.75, 3.05) is 19.5 Å². The molecule has 0 spiro atoms. The third-order valence-electron chi connectivity index (χ3n) is 2.11. The van der Waals surface area contributed by atoms with E-state index in [9.17, 15) is 9.59 Å². The zero-order chi connectivity index (χ0) is 12.8. The fourth-order valence-electron chi connectivity index (χ4n) is 1.22. The molecular formula is C11H14N2O4. The van der Waals surface area contributed by atoms with E-state index in [0.717, 1.165) is 0 Å². The van der Waals surface area contributed by atoms with Crippen LogP contribution in [0.2, 0.25) is 0 Å². The first kappa shape index (κ1) is 13.0. The Kier molecular flexibility index (Phi) is 4.47. The number of nitrogens with two attached hydrogens (primary N) is 1. The minimum Gasteiger partial charge on any atom is -0.480 e. The van der Waals surface area contributed by atoms with Gasteiger partial charge in [0, 0.05) is 18.4 Å². The molecule has 1 amide bonds. The minimum absolute atomic E-state index is 0.0873. The number of carbonyl (C=O) groups is 2. The molecule has 17 heavy (non-hydrogen) atoms. The molecule has 6 heteroatoms. The van der Waals surface area contributed by atoms with Crippen LogP contribution in [0.4, 0.5) is 5.69 Å². The van der Waals surface area contributed by atoms with E-state index in [-0.39, 0.29) is 6.61 Å². The summed E-state index contributed by atoms with van der Waals surface area (Å²) >= 11 is 0. The van der Waals surface area contributed by atoms with Gasteiger partial charge in [0.1, 0.15) is 0 Å². The van der Waals surface area contributed by atoms with Crippen LogP contribution in [0.3, 0.4) is 0 Å². The fourth-order valence-corrected chi connectivity index (χ4v) is 1.22. The van der Waals surface area contributed by atoms with Crippen molar-refractivity contribution in [2.24, 2.45) is 0 Å². The molecule has 0 radical (unpaired) electrons. The van der Waals surface area contributed by atoms with Crippen LogP contribution in [-0.4, -0.2) is 36.7 Å². The average Bonchev–Trinajstić information content (AvgIpc) is 2.29. The van der Waals surface area contributed by atoms with Gasteiger partial charge in [-0.3, -0.25) is 4.79 Å². The second-order valence-electron chi connectivity index (χ2n) is 3.44. The number of hydrogen-bond donors (Lipinski definition) is 3. The molecule has 1 aromatic rings. The third-order valence-corrected chi connectivity index (χ3v) is 2.11. The number of benzene rings is 1. The maximum Gasteiger partial charge on any atom is 0.328 e. The molecule has 1 atom stereocenters. The Balaban J connectivity index is 2.70. The molecule has 0 aliphatic carbocycles. The van der Waals surface area contributed by atoms with Gasteiger partial charge >= 0.3 is 5.97 Å². The maximum atomic E-state index is 11.7. The highest BCUT2D eigenvalue weighted by Crippen LogP contribution is 2.05. The Morgan fingerprint density at radius 3 is 2.47 bits per heavy atom. The number of aliphatic carboxylic acids is 1. The zero-order valence-electron chi connectivity index (χ0n) is 9.34. The number of nitrogens with one attached hydrogen (secondary N) is 1. The fraction of sp³-hybridized carbons (Fsp3) is 0.273. The molecular weight excluding hydrogens is 224 g/mol. The van der Waals surface area contributed by atoms with E-state index in [0.29, 0.717) is 11.3 Å². The molecule has 92 valence electrons. The molecule has 0 aliphatic rings. The summed E-state index contributed by atoms with van der Waals surface area (Å²) in [6.45, 7) is -0.0873. The molecule has 0 bridgehead atoms. The number of carboxylic acid groups (broad SMARTS) is 1. The summed E-state index contributed by atoms with van der Waals surface area (Å²) in [5.74, 6) is -1.62. The van der Waals surface area contributed by atoms with Crippen molar-refractivity contribution < 1.29 is 19.4 Å². The van der Waals surface area contributed by atoms with Crippen LogP contribution in [0, 0.1) is 0 Å². The van der Waals surface area contributed by atoms with Gasteiger partial charge in [0.15, 0.2) is 6.04 Å². The lowest BCUT2D eigenvalue weighted by molar-refractivity contribution is -0.140. The van der Waals surface area contributed by atoms with Gasteiger partial charge in [0.2, 0.25) is 0 Å². The normalized spacial score (nSPS) is 11.8. The van der Waals surface area contributed by atoms with Crippen molar-refractivity contribution in [3.05, 3.63) is 29.8 Å². The molecule has 4 N–H and O–H groups in total. The van der Waals surface area contributed by atoms with E-state index in [2.05, 4.69) is 5.32 Å². The SMILES string of the molecule is COCC(NC(=O)c1ccc(N)cc1)C(=O)O. The Morgan fingerprint density at radius 2 is 2.00 bits per heavy atom. The van der Waals surface area contributed by atoms with E-state index in [4.69, 9.17) is 15.6 Å². The number of anilines is 1. The van der Waals surface area contributed by atoms with Crippen LogP contribution in [0.15, 0.2) is 24.3 Å². The summed E-state index contributed by atoms with van der Waals surface area (Å²) in [6, 6.07) is 5.12. The third kappa shape index (κ3) is 3.76. The van der Waals surface area contributed by atoms with Crippen molar-refractivity contribution in [3.8, 4) is 0 Å². The number of carboxylic acids is 1. The lowest BCUT2D eigenvalue weighted by Crippen LogP contribution is -2.43. The standard InChI is InChI=1S/C11H14N2O4/c1-17-6-9(11(15)16)13-10(14)7-2-4-8(12)5-3-7/h2-5,9H,6,12H2,1H3,(H,13,14)(H,15,16). The van der Waals surface area contributed by atoms with Gasteiger partial charge in [-0.05, 0) is 24.3 Å². The Labute approximate surface area is 98.4 Å². The average molecular weight is 238 g/mol. The van der Waals surface area contributed by atoms with Crippen LogP contribution >= 0.6 is 0 Å². The topological polar surface area (TPSA) is 102 Å². The van der Waals surface area contributed by atoms with Crippen LogP contribution in [0.5, 0.6) is 0 Å². The van der Waals surface area contributed by atoms with E-state index in [1.54, 1.807) is 12.1 Å². The minimum atomic E-state index is -1.14. The highest BCUT2D eigenvalue weighted by Gasteiger charge is 2.20. The van der Waals surface area contributed by atoms with Crippen molar-refractivity contribution in [2.45, 2.75) is 6.04 Å². The first-order valence-corrected chi connectivity index (χ1v) is 4.92. The Hall–Kier alpha value is -2.08. The van der Waals surface area contributed by atoms with Gasteiger partial charge in [-0.15, -0.1) is 0 Å². The van der Waals surface area contributed by atoms with E-state index in [1.165, 1.54) is 19.2 Å². The molecule has 0 aromatic heterocycles. The maximum absolute atomic E-state index is 11.7. The number of hydrogen-bond acceptors (Lipinski definition) is 4. The highest BCUT2D eigenvalue weighted by molar-refractivity contribution is 5.96. The van der Waals surface area contributed by atoms with Crippen LogP contribution < -0.4 is 11.1 Å². The molecule has 1 rings (SSSR count). The van der Waals surface area contributed by atoms with E-state index >= 15 is 0 Å². The van der Waals surface area contributed by atoms with Gasteiger partial charge in [-0.25, -0.2) is 4.79 Å². The molecule has 0 fully saturated rings. The van der Waals surface area contributed by atoms with Crippen LogP contribution in [0.1, 0.15) is 10.4 Å². The lowest BCUT2D eigenvalue weighted by atomic mass is 10.2. The summed E-state index contributed by atoms with van der Waals surface area (Å²) in [5.41, 5.74) is 6.36. The first-order valence-electron chi connectivity index (χ1n) is 4.92. The molecule has 0 saturated heterocycles. The summed E-state index contributed by atoms with van der Waals surface area (Å²) in [7, 11) is 1.37. The quantitative estimate of drug-likeness (QED) is 0.631. The van der Waals surface area contributed by atoms with Gasteiger partial charge in [0.05, 0.1) is 6.61 Å². The second-order valence-corrected chi connectivity index (χ2v) is 3.44. The monoisotopic (exact) mass is 238 g/mol. The number of amides is 1. The lowest BCUT2D eigenvalue weighted by Gasteiger charge is -2.13. The first-order chi connectivity index (χ1) is 8.04. The second kappa shape index (κ2) is 5.86. The van der Waals surface area contributed by atoms with Crippen LogP contribution in [0.25, 0.3) is 0 Å². The summed E-state index contributed by atoms with van der Waals surface area (Å²) < 4.78 is 4.71. The van der Waals surface area contributed by atoms with Crippen LogP contribution in [-0.2, 0) is 9.53 Å². The van der Waals surface area contributed by atoms with Gasteiger partial charge in [-0.2, -0.15) is 0 Å². The Bertz CT molecular complexity index is 402. The van der Waals surface area contributed by atoms with E-state index in [1.807, 2.05) is 0 Å². The van der Waals surface area contributed by atoms with Crippen molar-refractivity contribution in [1.29, 1.82) is 0 Å². The molecule has 1 unspecified atom stereocenters. The number of nitrogen functional groups attached to an aromatic ring is 1. The largest absolute Gasteiger partial charge is 0.480 e. The smallest absolute Gasteiger partial charge is 0.328 e. The molecule has 6 nitrogen and oxygen atoms in total. The predicted octanol–water partition coefficient (Wildman–Crippen LogP) is 0.0982. The zero-order valence-corrected chi connectivity index (χ0v) is 9.34. The highest BCUT2D eigenvalue weighted by atomic mass is 16.5.